The van der Waals surface area contributed by atoms with Gasteiger partial charge in [-0.25, -0.2) is 9.86 Å². The van der Waals surface area contributed by atoms with Crippen LogP contribution in [0.15, 0.2) is 0 Å². The van der Waals surface area contributed by atoms with E-state index in [0.29, 0.717) is 6.42 Å². The van der Waals surface area contributed by atoms with Crippen LogP contribution in [0.2, 0.25) is 0 Å². The Morgan fingerprint density at radius 1 is 1.45 bits per heavy atom. The molecule has 0 bridgehead atoms. The van der Waals surface area contributed by atoms with Crippen molar-refractivity contribution in [2.75, 3.05) is 6.61 Å². The van der Waals surface area contributed by atoms with E-state index in [2.05, 4.69) is 5.32 Å². The SMILES string of the molecule is CC(=O)NC1CCON(C(C)C(=O)OC(C)(C)C)C1=O. The minimum absolute atomic E-state index is 0.254. The average molecular weight is 286 g/mol. The van der Waals surface area contributed by atoms with E-state index in [-0.39, 0.29) is 12.5 Å². The summed E-state index contributed by atoms with van der Waals surface area (Å²) in [7, 11) is 0. The van der Waals surface area contributed by atoms with Crippen molar-refractivity contribution in [3.05, 3.63) is 0 Å². The molecule has 0 radical (unpaired) electrons. The lowest BCUT2D eigenvalue weighted by Crippen LogP contribution is -2.57. The summed E-state index contributed by atoms with van der Waals surface area (Å²) in [6.07, 6.45) is 0.385. The van der Waals surface area contributed by atoms with Crippen LogP contribution in [0.25, 0.3) is 0 Å². The fraction of sp³-hybridized carbons (Fsp3) is 0.769. The number of carbonyl (C=O) groups excluding carboxylic acids is 3. The number of carbonyl (C=O) groups is 3. The molecular formula is C13H22N2O5. The maximum absolute atomic E-state index is 12.2. The van der Waals surface area contributed by atoms with Gasteiger partial charge in [-0.05, 0) is 27.7 Å². The quantitative estimate of drug-likeness (QED) is 0.758. The molecule has 0 aliphatic carbocycles. The minimum atomic E-state index is -0.863. The van der Waals surface area contributed by atoms with Gasteiger partial charge in [-0.2, -0.15) is 0 Å². The molecule has 0 aromatic rings. The van der Waals surface area contributed by atoms with Crippen LogP contribution < -0.4 is 5.32 Å². The molecule has 20 heavy (non-hydrogen) atoms. The van der Waals surface area contributed by atoms with Crippen molar-refractivity contribution >= 4 is 17.8 Å². The predicted octanol–water partition coefficient (Wildman–Crippen LogP) is 0.385. The van der Waals surface area contributed by atoms with E-state index < -0.39 is 29.6 Å². The molecule has 2 amide bonds. The van der Waals surface area contributed by atoms with Gasteiger partial charge in [0, 0.05) is 13.3 Å². The van der Waals surface area contributed by atoms with Gasteiger partial charge in [-0.3, -0.25) is 14.4 Å². The summed E-state index contributed by atoms with van der Waals surface area (Å²) < 4.78 is 5.22. The van der Waals surface area contributed by atoms with Gasteiger partial charge >= 0.3 is 5.97 Å². The Hall–Kier alpha value is -1.63. The molecule has 1 aliphatic rings. The van der Waals surface area contributed by atoms with E-state index in [9.17, 15) is 14.4 Å². The third-order valence-corrected chi connectivity index (χ3v) is 2.63. The molecule has 1 N–H and O–H groups in total. The van der Waals surface area contributed by atoms with Crippen molar-refractivity contribution in [1.29, 1.82) is 0 Å². The molecule has 7 nitrogen and oxygen atoms in total. The van der Waals surface area contributed by atoms with Crippen molar-refractivity contribution in [2.24, 2.45) is 0 Å². The first kappa shape index (κ1) is 16.4. The van der Waals surface area contributed by atoms with Crippen LogP contribution in [0, 0.1) is 0 Å². The smallest absolute Gasteiger partial charge is 0.331 e. The summed E-state index contributed by atoms with van der Waals surface area (Å²) in [6.45, 7) is 8.36. The third kappa shape index (κ3) is 4.48. The van der Waals surface area contributed by atoms with Crippen molar-refractivity contribution in [2.45, 2.75) is 58.7 Å². The van der Waals surface area contributed by atoms with Gasteiger partial charge in [0.2, 0.25) is 5.91 Å². The summed E-state index contributed by atoms with van der Waals surface area (Å²) >= 11 is 0. The van der Waals surface area contributed by atoms with E-state index in [1.807, 2.05) is 0 Å². The molecule has 1 aliphatic heterocycles. The second kappa shape index (κ2) is 6.21. The molecule has 2 unspecified atom stereocenters. The second-order valence-electron chi connectivity index (χ2n) is 5.75. The number of hydrogen-bond acceptors (Lipinski definition) is 5. The summed E-state index contributed by atoms with van der Waals surface area (Å²) in [5.74, 6) is -1.28. The fourth-order valence-corrected chi connectivity index (χ4v) is 1.77. The molecule has 2 atom stereocenters. The highest BCUT2D eigenvalue weighted by Gasteiger charge is 2.37. The van der Waals surface area contributed by atoms with Crippen molar-refractivity contribution in [1.82, 2.24) is 10.4 Å². The Kier molecular flexibility index (Phi) is 5.10. The van der Waals surface area contributed by atoms with Crippen LogP contribution in [-0.4, -0.2) is 47.1 Å². The van der Waals surface area contributed by atoms with Gasteiger partial charge in [-0.15, -0.1) is 0 Å². The zero-order chi connectivity index (χ0) is 15.5. The van der Waals surface area contributed by atoms with Gasteiger partial charge in [0.05, 0.1) is 6.61 Å². The molecule has 1 heterocycles. The standard InChI is InChI=1S/C13H22N2O5/c1-8(12(18)20-13(3,4)5)15-11(17)10(6-7-19-15)14-9(2)16/h8,10H,6-7H2,1-5H3,(H,14,16). The van der Waals surface area contributed by atoms with Gasteiger partial charge in [-0.1, -0.05) is 0 Å². The van der Waals surface area contributed by atoms with Crippen molar-refractivity contribution in [3.63, 3.8) is 0 Å². The van der Waals surface area contributed by atoms with Crippen LogP contribution in [0.4, 0.5) is 0 Å². The average Bonchev–Trinajstić information content (AvgIpc) is 2.28. The maximum Gasteiger partial charge on any atom is 0.331 e. The molecule has 1 fully saturated rings. The Morgan fingerprint density at radius 2 is 2.05 bits per heavy atom. The fourth-order valence-electron chi connectivity index (χ4n) is 1.77. The Bertz CT molecular complexity index is 402. The van der Waals surface area contributed by atoms with E-state index in [1.54, 1.807) is 20.8 Å². The normalized spacial score (nSPS) is 21.4. The van der Waals surface area contributed by atoms with Crippen molar-refractivity contribution in [3.8, 4) is 0 Å². The minimum Gasteiger partial charge on any atom is -0.458 e. The molecule has 0 aromatic carbocycles. The van der Waals surface area contributed by atoms with Gasteiger partial charge in [0.1, 0.15) is 11.6 Å². The number of nitrogens with zero attached hydrogens (tertiary/aromatic N) is 1. The van der Waals surface area contributed by atoms with Crippen molar-refractivity contribution < 1.29 is 24.0 Å². The molecule has 1 rings (SSSR count). The van der Waals surface area contributed by atoms with Crippen LogP contribution in [-0.2, 0) is 24.0 Å². The Balaban J connectivity index is 2.72. The Labute approximate surface area is 118 Å². The van der Waals surface area contributed by atoms with E-state index in [0.717, 1.165) is 5.06 Å². The zero-order valence-electron chi connectivity index (χ0n) is 12.6. The van der Waals surface area contributed by atoms with Crippen LogP contribution in [0.3, 0.4) is 0 Å². The molecule has 0 aromatic heterocycles. The van der Waals surface area contributed by atoms with Crippen LogP contribution in [0.1, 0.15) is 41.0 Å². The first-order chi connectivity index (χ1) is 9.11. The highest BCUT2D eigenvalue weighted by Crippen LogP contribution is 2.16. The predicted molar refractivity (Wildman–Crippen MR) is 70.3 cm³/mol. The first-order valence-electron chi connectivity index (χ1n) is 6.58. The van der Waals surface area contributed by atoms with E-state index >= 15 is 0 Å². The lowest BCUT2D eigenvalue weighted by Gasteiger charge is -2.35. The van der Waals surface area contributed by atoms with Crippen LogP contribution >= 0.6 is 0 Å². The van der Waals surface area contributed by atoms with Crippen LogP contribution in [0.5, 0.6) is 0 Å². The number of amides is 2. The van der Waals surface area contributed by atoms with E-state index in [4.69, 9.17) is 9.57 Å². The molecule has 0 spiro atoms. The molecule has 0 saturated carbocycles. The lowest BCUT2D eigenvalue weighted by molar-refractivity contribution is -0.222. The summed E-state index contributed by atoms with van der Waals surface area (Å²) in [4.78, 5) is 40.4. The number of rotatable bonds is 3. The highest BCUT2D eigenvalue weighted by molar-refractivity contribution is 5.89. The summed E-state index contributed by atoms with van der Waals surface area (Å²) in [5, 5.41) is 3.53. The Morgan fingerprint density at radius 3 is 2.55 bits per heavy atom. The zero-order valence-corrected chi connectivity index (χ0v) is 12.6. The van der Waals surface area contributed by atoms with Gasteiger partial charge < -0.3 is 10.1 Å². The summed E-state index contributed by atoms with van der Waals surface area (Å²) in [6, 6.07) is -1.52. The number of hydroxylamine groups is 2. The number of hydrogen-bond donors (Lipinski definition) is 1. The largest absolute Gasteiger partial charge is 0.458 e. The number of nitrogens with one attached hydrogen (secondary N) is 1. The number of ether oxygens (including phenoxy) is 1. The maximum atomic E-state index is 12.2. The molecular weight excluding hydrogens is 264 g/mol. The third-order valence-electron chi connectivity index (χ3n) is 2.63. The van der Waals surface area contributed by atoms with Gasteiger partial charge in [0.25, 0.3) is 5.91 Å². The lowest BCUT2D eigenvalue weighted by atomic mass is 10.1. The molecule has 114 valence electrons. The highest BCUT2D eigenvalue weighted by atomic mass is 16.7. The van der Waals surface area contributed by atoms with Gasteiger partial charge in [0.15, 0.2) is 6.04 Å². The molecule has 1 saturated heterocycles. The summed E-state index contributed by atoms with van der Waals surface area (Å²) in [5.41, 5.74) is -0.638. The molecule has 7 heteroatoms. The monoisotopic (exact) mass is 286 g/mol. The van der Waals surface area contributed by atoms with E-state index in [1.165, 1.54) is 13.8 Å². The number of esters is 1. The first-order valence-corrected chi connectivity index (χ1v) is 6.58. The second-order valence-corrected chi connectivity index (χ2v) is 5.75. The topological polar surface area (TPSA) is 84.9 Å².